The van der Waals surface area contributed by atoms with E-state index in [0.717, 1.165) is 11.1 Å². The van der Waals surface area contributed by atoms with E-state index in [-0.39, 0.29) is 22.2 Å². The van der Waals surface area contributed by atoms with Crippen LogP contribution in [0.2, 0.25) is 0 Å². The quantitative estimate of drug-likeness (QED) is 0.747. The fourth-order valence-electron chi connectivity index (χ4n) is 2.26. The van der Waals surface area contributed by atoms with E-state index in [1.807, 2.05) is 31.2 Å². The van der Waals surface area contributed by atoms with E-state index in [1.165, 1.54) is 0 Å². The second-order valence-corrected chi connectivity index (χ2v) is 5.75. The molecular weight excluding hydrogens is 256 g/mol. The second-order valence-electron chi connectivity index (χ2n) is 4.97. The Morgan fingerprint density at radius 2 is 1.16 bits per heavy atom. The van der Waals surface area contributed by atoms with Gasteiger partial charge in [0.25, 0.3) is 0 Å². The standard InChI is InChI=1S/C16H18O2S/c1-11(19)16(2,12-3-7-14(17)8-4-12)13-5-9-15(18)10-6-13/h3-11,17-19H,1-2H3. The molecule has 0 saturated heterocycles. The Balaban J connectivity index is 2.54. The number of hydrogen-bond acceptors (Lipinski definition) is 3. The predicted molar refractivity (Wildman–Crippen MR) is 81.1 cm³/mol. The fraction of sp³-hybridized carbons (Fsp3) is 0.250. The molecule has 0 aromatic heterocycles. The minimum absolute atomic E-state index is 0.0848. The summed E-state index contributed by atoms with van der Waals surface area (Å²) in [5, 5.41) is 18.9. The smallest absolute Gasteiger partial charge is 0.115 e. The summed E-state index contributed by atoms with van der Waals surface area (Å²) in [7, 11) is 0. The van der Waals surface area contributed by atoms with Crippen LogP contribution in [0.3, 0.4) is 0 Å². The van der Waals surface area contributed by atoms with E-state index in [4.69, 9.17) is 0 Å². The highest BCUT2D eigenvalue weighted by atomic mass is 32.1. The topological polar surface area (TPSA) is 40.5 Å². The molecule has 2 nitrogen and oxygen atoms in total. The zero-order valence-electron chi connectivity index (χ0n) is 11.0. The van der Waals surface area contributed by atoms with Crippen LogP contribution in [0.4, 0.5) is 0 Å². The van der Waals surface area contributed by atoms with Gasteiger partial charge >= 0.3 is 0 Å². The molecule has 0 heterocycles. The van der Waals surface area contributed by atoms with Crippen LogP contribution in [-0.4, -0.2) is 15.5 Å². The van der Waals surface area contributed by atoms with Crippen molar-refractivity contribution in [3.05, 3.63) is 59.7 Å². The fourth-order valence-corrected chi connectivity index (χ4v) is 2.56. The normalized spacial score (nSPS) is 13.2. The molecule has 1 unspecified atom stereocenters. The third kappa shape index (κ3) is 2.56. The van der Waals surface area contributed by atoms with Gasteiger partial charge < -0.3 is 10.2 Å². The van der Waals surface area contributed by atoms with Crippen LogP contribution in [0.1, 0.15) is 25.0 Å². The Morgan fingerprint density at radius 1 is 0.842 bits per heavy atom. The van der Waals surface area contributed by atoms with E-state index >= 15 is 0 Å². The molecule has 0 amide bonds. The summed E-state index contributed by atoms with van der Waals surface area (Å²) in [6.07, 6.45) is 0. The van der Waals surface area contributed by atoms with Gasteiger partial charge in [-0.1, -0.05) is 38.1 Å². The third-order valence-electron chi connectivity index (χ3n) is 3.77. The van der Waals surface area contributed by atoms with Crippen molar-refractivity contribution in [3.8, 4) is 11.5 Å². The predicted octanol–water partition coefficient (Wildman–Crippen LogP) is 3.72. The Bertz CT molecular complexity index is 498. The van der Waals surface area contributed by atoms with Gasteiger partial charge in [-0.25, -0.2) is 0 Å². The largest absolute Gasteiger partial charge is 0.508 e. The molecule has 2 N–H and O–H groups in total. The molecule has 2 aromatic rings. The Kier molecular flexibility index (Phi) is 3.76. The molecule has 0 saturated carbocycles. The van der Waals surface area contributed by atoms with Crippen molar-refractivity contribution in [3.63, 3.8) is 0 Å². The number of rotatable bonds is 3. The molecule has 19 heavy (non-hydrogen) atoms. The van der Waals surface area contributed by atoms with E-state index in [9.17, 15) is 10.2 Å². The molecule has 2 rings (SSSR count). The number of aromatic hydroxyl groups is 2. The van der Waals surface area contributed by atoms with Crippen LogP contribution >= 0.6 is 12.6 Å². The van der Waals surface area contributed by atoms with Crippen molar-refractivity contribution in [1.29, 1.82) is 0 Å². The lowest BCUT2D eigenvalue weighted by Gasteiger charge is -2.34. The highest BCUT2D eigenvalue weighted by Gasteiger charge is 2.33. The first kappa shape index (κ1) is 13.8. The van der Waals surface area contributed by atoms with Gasteiger partial charge in [0.2, 0.25) is 0 Å². The average molecular weight is 274 g/mol. The van der Waals surface area contributed by atoms with Crippen LogP contribution in [0.5, 0.6) is 11.5 Å². The molecule has 3 heteroatoms. The zero-order chi connectivity index (χ0) is 14.0. The summed E-state index contributed by atoms with van der Waals surface area (Å²) in [6.45, 7) is 4.16. The molecular formula is C16H18O2S. The average Bonchev–Trinajstić information content (AvgIpc) is 2.39. The van der Waals surface area contributed by atoms with Gasteiger partial charge in [-0.05, 0) is 35.4 Å². The number of phenolic OH excluding ortho intramolecular Hbond substituents is 2. The molecule has 0 aliphatic heterocycles. The van der Waals surface area contributed by atoms with Crippen LogP contribution in [0.25, 0.3) is 0 Å². The van der Waals surface area contributed by atoms with Crippen molar-refractivity contribution in [2.45, 2.75) is 24.5 Å². The van der Waals surface area contributed by atoms with Crippen LogP contribution in [0.15, 0.2) is 48.5 Å². The first-order valence-electron chi connectivity index (χ1n) is 6.21. The van der Waals surface area contributed by atoms with Gasteiger partial charge in [-0.15, -0.1) is 0 Å². The van der Waals surface area contributed by atoms with Gasteiger partial charge in [0, 0.05) is 10.7 Å². The van der Waals surface area contributed by atoms with E-state index < -0.39 is 0 Å². The first-order chi connectivity index (χ1) is 8.94. The van der Waals surface area contributed by atoms with E-state index in [2.05, 4.69) is 19.6 Å². The Morgan fingerprint density at radius 3 is 1.42 bits per heavy atom. The van der Waals surface area contributed by atoms with Crippen molar-refractivity contribution in [2.75, 3.05) is 0 Å². The zero-order valence-corrected chi connectivity index (χ0v) is 11.9. The Hall–Kier alpha value is -1.61. The van der Waals surface area contributed by atoms with Gasteiger partial charge in [0.15, 0.2) is 0 Å². The molecule has 100 valence electrons. The van der Waals surface area contributed by atoms with Gasteiger partial charge in [-0.3, -0.25) is 0 Å². The maximum Gasteiger partial charge on any atom is 0.115 e. The molecule has 1 atom stereocenters. The highest BCUT2D eigenvalue weighted by molar-refractivity contribution is 7.81. The van der Waals surface area contributed by atoms with Gasteiger partial charge in [-0.2, -0.15) is 12.6 Å². The molecule has 0 aliphatic carbocycles. The van der Waals surface area contributed by atoms with Crippen molar-refractivity contribution in [1.82, 2.24) is 0 Å². The summed E-state index contributed by atoms with van der Waals surface area (Å²) in [4.78, 5) is 0. The maximum absolute atomic E-state index is 9.42. The monoisotopic (exact) mass is 274 g/mol. The number of hydrogen-bond donors (Lipinski definition) is 3. The number of phenols is 2. The van der Waals surface area contributed by atoms with Gasteiger partial charge in [0.05, 0.1) is 0 Å². The molecule has 0 radical (unpaired) electrons. The lowest BCUT2D eigenvalue weighted by molar-refractivity contribution is 0.473. The number of thiol groups is 1. The van der Waals surface area contributed by atoms with Crippen molar-refractivity contribution in [2.24, 2.45) is 0 Å². The summed E-state index contributed by atoms with van der Waals surface area (Å²) in [5.41, 5.74) is 1.88. The van der Waals surface area contributed by atoms with Crippen LogP contribution in [-0.2, 0) is 5.41 Å². The van der Waals surface area contributed by atoms with Crippen LogP contribution in [0, 0.1) is 0 Å². The summed E-state index contributed by atoms with van der Waals surface area (Å²) < 4.78 is 0. The molecule has 2 aromatic carbocycles. The highest BCUT2D eigenvalue weighted by Crippen LogP contribution is 2.38. The lowest BCUT2D eigenvalue weighted by atomic mass is 9.74. The molecule has 0 spiro atoms. The van der Waals surface area contributed by atoms with Gasteiger partial charge in [0.1, 0.15) is 11.5 Å². The molecule has 0 fully saturated rings. The molecule has 0 aliphatic rings. The maximum atomic E-state index is 9.42. The minimum atomic E-state index is -0.287. The number of benzene rings is 2. The van der Waals surface area contributed by atoms with E-state index in [0.29, 0.717) is 0 Å². The summed E-state index contributed by atoms with van der Waals surface area (Å²) in [5.74, 6) is 0.507. The first-order valence-corrected chi connectivity index (χ1v) is 6.73. The third-order valence-corrected chi connectivity index (χ3v) is 4.29. The van der Waals surface area contributed by atoms with Crippen molar-refractivity contribution >= 4 is 12.6 Å². The van der Waals surface area contributed by atoms with Crippen LogP contribution < -0.4 is 0 Å². The lowest BCUT2D eigenvalue weighted by Crippen LogP contribution is -2.32. The molecule has 0 bridgehead atoms. The SMILES string of the molecule is CC(S)C(C)(c1ccc(O)cc1)c1ccc(O)cc1. The minimum Gasteiger partial charge on any atom is -0.508 e. The second kappa shape index (κ2) is 5.17. The summed E-state index contributed by atoms with van der Waals surface area (Å²) in [6, 6.07) is 14.4. The Labute approximate surface area is 119 Å². The summed E-state index contributed by atoms with van der Waals surface area (Å²) >= 11 is 4.63. The van der Waals surface area contributed by atoms with E-state index in [1.54, 1.807) is 24.3 Å². The van der Waals surface area contributed by atoms with Crippen molar-refractivity contribution < 1.29 is 10.2 Å².